The molecule has 0 heterocycles. The zero-order valence-electron chi connectivity index (χ0n) is 45.0. The van der Waals surface area contributed by atoms with Crippen molar-refractivity contribution in [3.05, 3.63) is 0 Å². The monoisotopic (exact) mass is 1110 g/mol. The van der Waals surface area contributed by atoms with Crippen LogP contribution in [-0.4, -0.2) is 110 Å². The zero-order valence-corrected chi connectivity index (χ0v) is 48.3. The molecule has 0 aliphatic rings. The van der Waals surface area contributed by atoms with E-state index in [1.807, 2.05) is 0 Å². The predicted molar refractivity (Wildman–Crippen MR) is 309 cm³/mol. The Balaban J connectivity index is -0.00000374. The number of carbonyl (C=O) groups is 5. The molecule has 16 nitrogen and oxygen atoms in total. The molecule has 0 saturated carbocycles. The lowest BCUT2D eigenvalue weighted by atomic mass is 10.0. The summed E-state index contributed by atoms with van der Waals surface area (Å²) in [6.45, 7) is 7.76. The average molecular weight is 1110 g/mol. The second-order valence-corrected chi connectivity index (χ2v) is 19.2. The van der Waals surface area contributed by atoms with Gasteiger partial charge in [-0.1, -0.05) is 181 Å². The van der Waals surface area contributed by atoms with Gasteiger partial charge >= 0.3 is 5.97 Å². The molecule has 0 aliphatic heterocycles. The van der Waals surface area contributed by atoms with E-state index in [1.165, 1.54) is 167 Å². The number of hydrogen-bond acceptors (Lipinski definition) is 9. The Bertz CT molecular complexity index is 1280. The van der Waals surface area contributed by atoms with Crippen molar-refractivity contribution < 1.29 is 29.1 Å². The van der Waals surface area contributed by atoms with Crippen LogP contribution < -0.4 is 44.2 Å². The van der Waals surface area contributed by atoms with E-state index in [0.717, 1.165) is 25.9 Å². The highest BCUT2D eigenvalue weighted by molar-refractivity contribution is 5.95. The Labute approximate surface area is 462 Å². The summed E-state index contributed by atoms with van der Waals surface area (Å²) in [5.74, 6) is -3.95. The summed E-state index contributed by atoms with van der Waals surface area (Å²) in [5, 5.41) is 20.1. The first-order valence-corrected chi connectivity index (χ1v) is 27.5. The van der Waals surface area contributed by atoms with Gasteiger partial charge in [-0.3, -0.25) is 29.0 Å². The van der Waals surface area contributed by atoms with Crippen LogP contribution in [0, 0.1) is 0 Å². The van der Waals surface area contributed by atoms with Crippen LogP contribution in [0.5, 0.6) is 0 Å². The van der Waals surface area contributed by atoms with Gasteiger partial charge in [-0.15, -0.1) is 49.6 Å². The van der Waals surface area contributed by atoms with E-state index in [2.05, 4.69) is 45.0 Å². The number of hydrogen-bond donors (Lipinski definition) is 9. The molecule has 4 amide bonds. The molecular weight excluding hydrogens is 1000 g/mol. The maximum atomic E-state index is 13.6. The van der Waals surface area contributed by atoms with E-state index in [1.54, 1.807) is 0 Å². The SMILES string of the molecule is CCCCCCCCCCCCCCCCN(CCCCCCCCCCCCCCCC)CCNC(=O)[C@H](CCCCN)NC(=O)[C@H](CC(=O)O)NC(=O)CNC(=O)[C@@H](N)CCCN=C(N)N.Cl.Cl.Cl.Cl. The van der Waals surface area contributed by atoms with E-state index >= 15 is 0 Å². The normalized spacial score (nSPS) is 11.9. The molecular formula is C52H108Cl4N10O6. The van der Waals surface area contributed by atoms with Crippen LogP contribution >= 0.6 is 49.6 Å². The largest absolute Gasteiger partial charge is 0.481 e. The van der Waals surface area contributed by atoms with Crippen LogP contribution in [0.4, 0.5) is 0 Å². The zero-order chi connectivity index (χ0) is 50.3. The molecule has 0 aromatic heterocycles. The molecule has 0 rings (SSSR count). The van der Waals surface area contributed by atoms with Gasteiger partial charge in [0.25, 0.3) is 0 Å². The summed E-state index contributed by atoms with van der Waals surface area (Å²) in [7, 11) is 0. The van der Waals surface area contributed by atoms with Crippen molar-refractivity contribution in [2.24, 2.45) is 27.9 Å². The second kappa shape index (κ2) is 57.9. The number of amides is 4. The molecule has 0 unspecified atom stereocenters. The third-order valence-corrected chi connectivity index (χ3v) is 12.7. The summed E-state index contributed by atoms with van der Waals surface area (Å²) in [4.78, 5) is 70.4. The van der Waals surface area contributed by atoms with Crippen molar-refractivity contribution in [3.63, 3.8) is 0 Å². The highest BCUT2D eigenvalue weighted by Crippen LogP contribution is 2.15. The van der Waals surface area contributed by atoms with Crippen molar-refractivity contribution in [2.75, 3.05) is 45.8 Å². The molecule has 20 heteroatoms. The van der Waals surface area contributed by atoms with Crippen molar-refractivity contribution in [1.82, 2.24) is 26.2 Å². The third-order valence-electron chi connectivity index (χ3n) is 12.7. The molecule has 3 atom stereocenters. The molecule has 430 valence electrons. The van der Waals surface area contributed by atoms with Gasteiger partial charge in [-0.05, 0) is 64.6 Å². The Kier molecular flexibility index (Phi) is 63.2. The number of nitrogens with one attached hydrogen (secondary N) is 4. The molecule has 0 saturated heterocycles. The second-order valence-electron chi connectivity index (χ2n) is 19.2. The molecule has 0 aromatic rings. The van der Waals surface area contributed by atoms with E-state index in [-0.39, 0.29) is 67.9 Å². The van der Waals surface area contributed by atoms with E-state index in [4.69, 9.17) is 22.9 Å². The van der Waals surface area contributed by atoms with Crippen LogP contribution in [0.3, 0.4) is 0 Å². The van der Waals surface area contributed by atoms with Crippen molar-refractivity contribution in [3.8, 4) is 0 Å². The van der Waals surface area contributed by atoms with Crippen molar-refractivity contribution >= 4 is 85.2 Å². The highest BCUT2D eigenvalue weighted by atomic mass is 35.5. The Morgan fingerprint density at radius 1 is 0.500 bits per heavy atom. The van der Waals surface area contributed by atoms with Gasteiger partial charge in [0.05, 0.1) is 19.0 Å². The van der Waals surface area contributed by atoms with Crippen LogP contribution in [0.25, 0.3) is 0 Å². The highest BCUT2D eigenvalue weighted by Gasteiger charge is 2.29. The van der Waals surface area contributed by atoms with E-state index in [9.17, 15) is 29.1 Å². The van der Waals surface area contributed by atoms with Gasteiger partial charge in [0.1, 0.15) is 12.1 Å². The number of nitrogens with two attached hydrogens (primary N) is 4. The van der Waals surface area contributed by atoms with Gasteiger partial charge in [0, 0.05) is 19.6 Å². The number of rotatable bonds is 50. The van der Waals surface area contributed by atoms with Crippen LogP contribution in [-0.2, 0) is 24.0 Å². The van der Waals surface area contributed by atoms with Gasteiger partial charge in [-0.2, -0.15) is 0 Å². The minimum atomic E-state index is -1.49. The Morgan fingerprint density at radius 2 is 0.931 bits per heavy atom. The molecule has 0 bridgehead atoms. The number of carboxylic acids is 1. The van der Waals surface area contributed by atoms with Gasteiger partial charge in [-0.25, -0.2) is 0 Å². The van der Waals surface area contributed by atoms with E-state index < -0.39 is 54.8 Å². The third kappa shape index (κ3) is 51.2. The number of unbranched alkanes of at least 4 members (excludes halogenated alkanes) is 27. The maximum absolute atomic E-state index is 13.6. The molecule has 0 aromatic carbocycles. The molecule has 0 fully saturated rings. The lowest BCUT2D eigenvalue weighted by Gasteiger charge is -2.25. The molecule has 0 aliphatic carbocycles. The standard InChI is InChI=1S/C52H104N10O6.4ClH/c1-3-5-7-9-11-13-15-17-19-21-23-25-27-31-39-62(40-32-28-26-24-22-20-18-16-14-12-10-8-6-4-2)41-38-57-50(67)45(35-29-30-36-53)61-51(68)46(42-48(64)65)60-47(63)43-59-49(66)44(54)34-33-37-58-52(55)56;;;;/h44-46H,3-43,53-54H2,1-2H3,(H,57,67)(H,59,66)(H,60,63)(H,61,68)(H,64,65)(H4,55,56,58);4*1H/t44-,45-,46-;;;;/m0..../s1. The fourth-order valence-electron chi connectivity index (χ4n) is 8.47. The van der Waals surface area contributed by atoms with Crippen molar-refractivity contribution in [2.45, 2.75) is 250 Å². The number of halogens is 4. The van der Waals surface area contributed by atoms with Crippen LogP contribution in [0.2, 0.25) is 0 Å². The minimum absolute atomic E-state index is 0. The van der Waals surface area contributed by atoms with Crippen molar-refractivity contribution in [1.29, 1.82) is 0 Å². The topological polar surface area (TPSA) is 273 Å². The number of guanidine groups is 1. The first-order valence-electron chi connectivity index (χ1n) is 27.5. The quantitative estimate of drug-likeness (QED) is 0.0157. The van der Waals surface area contributed by atoms with Crippen LogP contribution in [0.15, 0.2) is 4.99 Å². The summed E-state index contributed by atoms with van der Waals surface area (Å²) in [6.07, 6.45) is 38.3. The summed E-state index contributed by atoms with van der Waals surface area (Å²) >= 11 is 0. The predicted octanol–water partition coefficient (Wildman–Crippen LogP) is 9.12. The first kappa shape index (κ1) is 78.5. The lowest BCUT2D eigenvalue weighted by molar-refractivity contribution is -0.141. The Hall–Kier alpha value is -2.34. The fraction of sp³-hybridized carbons (Fsp3) is 0.885. The molecule has 0 spiro atoms. The fourth-order valence-corrected chi connectivity index (χ4v) is 8.47. The minimum Gasteiger partial charge on any atom is -0.481 e. The number of aliphatic imine (C=N–C) groups is 1. The number of carboxylic acid groups (broad SMARTS) is 1. The summed E-state index contributed by atoms with van der Waals surface area (Å²) in [5.41, 5.74) is 22.3. The lowest BCUT2D eigenvalue weighted by Crippen LogP contribution is -2.56. The van der Waals surface area contributed by atoms with Gasteiger partial charge in [0.2, 0.25) is 23.6 Å². The molecule has 72 heavy (non-hydrogen) atoms. The van der Waals surface area contributed by atoms with Crippen LogP contribution in [0.1, 0.15) is 232 Å². The van der Waals surface area contributed by atoms with Gasteiger partial charge < -0.3 is 54.2 Å². The number of carbonyl (C=O) groups excluding carboxylic acids is 4. The summed E-state index contributed by atoms with van der Waals surface area (Å²) in [6, 6.07) is -3.37. The number of nitrogens with zero attached hydrogens (tertiary/aromatic N) is 2. The first-order chi connectivity index (χ1) is 32.9. The number of aliphatic carboxylic acids is 1. The van der Waals surface area contributed by atoms with Gasteiger partial charge in [0.15, 0.2) is 5.96 Å². The molecule has 0 radical (unpaired) electrons. The molecule has 13 N–H and O–H groups in total. The Morgan fingerprint density at radius 3 is 1.33 bits per heavy atom. The van der Waals surface area contributed by atoms with E-state index in [0.29, 0.717) is 51.9 Å². The maximum Gasteiger partial charge on any atom is 0.305 e. The summed E-state index contributed by atoms with van der Waals surface area (Å²) < 4.78 is 0. The average Bonchev–Trinajstić information content (AvgIpc) is 3.31. The smallest absolute Gasteiger partial charge is 0.305 e.